The Balaban J connectivity index is 4.01. The van der Waals surface area contributed by atoms with E-state index in [1.807, 2.05) is 27.7 Å². The first kappa shape index (κ1) is 19.6. The van der Waals surface area contributed by atoms with Gasteiger partial charge in [0.25, 0.3) is 0 Å². The van der Waals surface area contributed by atoms with Crippen molar-refractivity contribution in [1.82, 2.24) is 0 Å². The van der Waals surface area contributed by atoms with Crippen LogP contribution in [0, 0.1) is 11.3 Å². The average molecular weight is 288 g/mol. The molecule has 20 heavy (non-hydrogen) atoms. The first-order valence-electron chi connectivity index (χ1n) is 7.55. The van der Waals surface area contributed by atoms with Crippen molar-refractivity contribution in [3.05, 3.63) is 0 Å². The molecular formula is C16H32O4. The summed E-state index contributed by atoms with van der Waals surface area (Å²) < 4.78 is 0. The average Bonchev–Trinajstić information content (AvgIpc) is 2.23. The number of carbonyl (C=O) groups is 1. The zero-order valence-electron chi connectivity index (χ0n) is 13.6. The van der Waals surface area contributed by atoms with E-state index in [1.165, 1.54) is 6.92 Å². The molecule has 0 aliphatic carbocycles. The molecule has 0 aliphatic heterocycles. The molecule has 0 aromatic carbocycles. The molecule has 0 heterocycles. The van der Waals surface area contributed by atoms with Gasteiger partial charge in [0.2, 0.25) is 0 Å². The minimum Gasteiger partial charge on any atom is -0.393 e. The molecule has 4 unspecified atom stereocenters. The van der Waals surface area contributed by atoms with Crippen LogP contribution >= 0.6 is 0 Å². The summed E-state index contributed by atoms with van der Waals surface area (Å²) in [4.78, 5) is 10.9. The van der Waals surface area contributed by atoms with Crippen LogP contribution in [0.1, 0.15) is 66.7 Å². The number of hydrogen-bond donors (Lipinski definition) is 3. The fourth-order valence-corrected chi connectivity index (χ4v) is 2.36. The van der Waals surface area contributed by atoms with Crippen LogP contribution in [-0.2, 0) is 4.79 Å². The maximum atomic E-state index is 10.9. The van der Waals surface area contributed by atoms with E-state index < -0.39 is 18.3 Å². The first-order chi connectivity index (χ1) is 9.01. The first-order valence-corrected chi connectivity index (χ1v) is 7.55. The van der Waals surface area contributed by atoms with Gasteiger partial charge >= 0.3 is 0 Å². The highest BCUT2D eigenvalue weighted by atomic mass is 16.3. The minimum atomic E-state index is -0.728. The Morgan fingerprint density at radius 1 is 1.05 bits per heavy atom. The number of rotatable bonds is 9. The van der Waals surface area contributed by atoms with Crippen LogP contribution in [-0.4, -0.2) is 39.4 Å². The van der Waals surface area contributed by atoms with Crippen molar-refractivity contribution in [2.45, 2.75) is 85.0 Å². The predicted molar refractivity (Wildman–Crippen MR) is 80.4 cm³/mol. The second kappa shape index (κ2) is 8.75. The minimum absolute atomic E-state index is 0.00853. The predicted octanol–water partition coefficient (Wildman–Crippen LogP) is 2.29. The quantitative estimate of drug-likeness (QED) is 0.608. The number of Topliss-reactive ketones (excluding diaryl/α,β-unsaturated/α-hetero) is 1. The van der Waals surface area contributed by atoms with Crippen molar-refractivity contribution >= 4 is 5.78 Å². The third-order valence-corrected chi connectivity index (χ3v) is 3.43. The summed E-state index contributed by atoms with van der Waals surface area (Å²) in [6.45, 7) is 9.56. The van der Waals surface area contributed by atoms with Gasteiger partial charge in [-0.3, -0.25) is 4.79 Å². The standard InChI is InChI=1S/C16H32O4/c1-11(6-7-13(18)9-12(2)17)8-14(19)15(20)10-16(3,4)5/h11,13-15,18-20H,6-10H2,1-5H3. The number of aliphatic hydroxyl groups is 3. The van der Waals surface area contributed by atoms with Gasteiger partial charge in [-0.15, -0.1) is 0 Å². The summed E-state index contributed by atoms with van der Waals surface area (Å²) in [5, 5.41) is 29.6. The van der Waals surface area contributed by atoms with Crippen LogP contribution in [0.3, 0.4) is 0 Å². The van der Waals surface area contributed by atoms with Gasteiger partial charge in [0.1, 0.15) is 5.78 Å². The SMILES string of the molecule is CC(=O)CC(O)CCC(C)CC(O)C(O)CC(C)(C)C. The maximum absolute atomic E-state index is 10.9. The highest BCUT2D eigenvalue weighted by molar-refractivity contribution is 5.75. The molecule has 0 saturated heterocycles. The highest BCUT2D eigenvalue weighted by Crippen LogP contribution is 2.25. The summed E-state index contributed by atoms with van der Waals surface area (Å²) in [5.74, 6) is 0.201. The van der Waals surface area contributed by atoms with Gasteiger partial charge in [-0.05, 0) is 43.9 Å². The topological polar surface area (TPSA) is 77.8 Å². The number of ketones is 1. The van der Waals surface area contributed by atoms with E-state index in [1.54, 1.807) is 0 Å². The van der Waals surface area contributed by atoms with Crippen LogP contribution in [0.2, 0.25) is 0 Å². The van der Waals surface area contributed by atoms with Crippen molar-refractivity contribution in [3.63, 3.8) is 0 Å². The Morgan fingerprint density at radius 3 is 2.05 bits per heavy atom. The molecule has 0 fully saturated rings. The van der Waals surface area contributed by atoms with Gasteiger partial charge in [-0.1, -0.05) is 27.7 Å². The smallest absolute Gasteiger partial charge is 0.132 e. The molecule has 0 spiro atoms. The molecule has 0 rings (SSSR count). The lowest BCUT2D eigenvalue weighted by Crippen LogP contribution is -2.31. The molecule has 0 aromatic rings. The van der Waals surface area contributed by atoms with Gasteiger partial charge in [0.05, 0.1) is 18.3 Å². The molecule has 0 bridgehead atoms. The van der Waals surface area contributed by atoms with E-state index in [0.717, 1.165) is 6.42 Å². The molecule has 0 saturated carbocycles. The molecule has 3 N–H and O–H groups in total. The summed E-state index contributed by atoms with van der Waals surface area (Å²) in [6, 6.07) is 0. The highest BCUT2D eigenvalue weighted by Gasteiger charge is 2.24. The third-order valence-electron chi connectivity index (χ3n) is 3.43. The van der Waals surface area contributed by atoms with Crippen LogP contribution in [0.25, 0.3) is 0 Å². The molecule has 0 amide bonds. The van der Waals surface area contributed by atoms with E-state index >= 15 is 0 Å². The van der Waals surface area contributed by atoms with Gasteiger partial charge in [0, 0.05) is 6.42 Å². The van der Waals surface area contributed by atoms with E-state index in [4.69, 9.17) is 0 Å². The zero-order valence-corrected chi connectivity index (χ0v) is 13.6. The second-order valence-corrected chi connectivity index (χ2v) is 7.38. The summed E-state index contributed by atoms with van der Waals surface area (Å²) in [7, 11) is 0. The largest absolute Gasteiger partial charge is 0.393 e. The Bertz CT molecular complexity index is 283. The lowest BCUT2D eigenvalue weighted by atomic mass is 9.85. The zero-order chi connectivity index (χ0) is 15.9. The molecule has 0 radical (unpaired) electrons. The number of hydrogen-bond acceptors (Lipinski definition) is 4. The number of carbonyl (C=O) groups excluding carboxylic acids is 1. The summed E-state index contributed by atoms with van der Waals surface area (Å²) in [5.41, 5.74) is -0.0126. The Hall–Kier alpha value is -0.450. The monoisotopic (exact) mass is 288 g/mol. The normalized spacial score (nSPS) is 18.4. The van der Waals surface area contributed by atoms with Crippen molar-refractivity contribution in [2.75, 3.05) is 0 Å². The molecule has 120 valence electrons. The van der Waals surface area contributed by atoms with Gasteiger partial charge < -0.3 is 15.3 Å². The van der Waals surface area contributed by atoms with E-state index in [-0.39, 0.29) is 23.5 Å². The number of aliphatic hydroxyl groups excluding tert-OH is 3. The van der Waals surface area contributed by atoms with Gasteiger partial charge in [0.15, 0.2) is 0 Å². The Labute approximate surface area is 123 Å². The van der Waals surface area contributed by atoms with Crippen LogP contribution in [0.5, 0.6) is 0 Å². The van der Waals surface area contributed by atoms with Crippen LogP contribution in [0.15, 0.2) is 0 Å². The summed E-state index contributed by atoms with van der Waals surface area (Å²) >= 11 is 0. The lowest BCUT2D eigenvalue weighted by Gasteiger charge is -2.27. The van der Waals surface area contributed by atoms with Crippen molar-refractivity contribution in [3.8, 4) is 0 Å². The second-order valence-electron chi connectivity index (χ2n) is 7.38. The Morgan fingerprint density at radius 2 is 1.60 bits per heavy atom. The molecule has 4 atom stereocenters. The molecule has 0 aromatic heterocycles. The third kappa shape index (κ3) is 10.4. The van der Waals surface area contributed by atoms with Crippen molar-refractivity contribution < 1.29 is 20.1 Å². The van der Waals surface area contributed by atoms with E-state index in [0.29, 0.717) is 19.3 Å². The summed E-state index contributed by atoms with van der Waals surface area (Å²) in [6.07, 6.45) is 0.552. The molecule has 4 heteroatoms. The molecular weight excluding hydrogens is 256 g/mol. The molecule has 0 aliphatic rings. The van der Waals surface area contributed by atoms with Gasteiger partial charge in [-0.2, -0.15) is 0 Å². The van der Waals surface area contributed by atoms with E-state index in [2.05, 4.69) is 0 Å². The van der Waals surface area contributed by atoms with Crippen molar-refractivity contribution in [2.24, 2.45) is 11.3 Å². The van der Waals surface area contributed by atoms with Crippen LogP contribution < -0.4 is 0 Å². The fourth-order valence-electron chi connectivity index (χ4n) is 2.36. The Kier molecular flexibility index (Phi) is 8.56. The van der Waals surface area contributed by atoms with Crippen molar-refractivity contribution in [1.29, 1.82) is 0 Å². The maximum Gasteiger partial charge on any atom is 0.132 e. The molecule has 4 nitrogen and oxygen atoms in total. The fraction of sp³-hybridized carbons (Fsp3) is 0.938. The van der Waals surface area contributed by atoms with Crippen LogP contribution in [0.4, 0.5) is 0 Å². The van der Waals surface area contributed by atoms with Gasteiger partial charge in [-0.25, -0.2) is 0 Å². The lowest BCUT2D eigenvalue weighted by molar-refractivity contribution is -0.118. The van der Waals surface area contributed by atoms with E-state index in [9.17, 15) is 20.1 Å².